The van der Waals surface area contributed by atoms with Crippen LogP contribution in [0.5, 0.6) is 0 Å². The minimum Gasteiger partial charge on any atom is -0.446 e. The lowest BCUT2D eigenvalue weighted by atomic mass is 10.0. The number of hydrogen-bond donors (Lipinski definition) is 0. The third-order valence-corrected chi connectivity index (χ3v) is 12.2. The molecule has 2 amide bonds. The van der Waals surface area contributed by atoms with Crippen LogP contribution >= 0.6 is 0 Å². The van der Waals surface area contributed by atoms with Crippen molar-refractivity contribution in [1.82, 2.24) is 4.90 Å². The van der Waals surface area contributed by atoms with Crippen molar-refractivity contribution < 1.29 is 18.8 Å². The second-order valence-electron chi connectivity index (χ2n) is 10.9. The van der Waals surface area contributed by atoms with E-state index < -0.39 is 14.4 Å². The smallest absolute Gasteiger partial charge is 0.417 e. The highest BCUT2D eigenvalue weighted by molar-refractivity contribution is 6.99. The second kappa shape index (κ2) is 11.4. The molecule has 0 unspecified atom stereocenters. The first-order valence-electron chi connectivity index (χ1n) is 13.0. The molecule has 1 saturated heterocycles. The van der Waals surface area contributed by atoms with Crippen molar-refractivity contribution in [2.45, 2.75) is 51.6 Å². The van der Waals surface area contributed by atoms with Crippen LogP contribution in [0, 0.1) is 5.92 Å². The monoisotopic (exact) mass is 515 g/mol. The summed E-state index contributed by atoms with van der Waals surface area (Å²) in [5, 5.41) is 2.37. The van der Waals surface area contributed by atoms with E-state index in [0.29, 0.717) is 13.0 Å². The average Bonchev–Trinajstić information content (AvgIpc) is 3.30. The fourth-order valence-corrected chi connectivity index (χ4v) is 9.91. The maximum Gasteiger partial charge on any atom is 0.417 e. The maximum absolute atomic E-state index is 13.1. The van der Waals surface area contributed by atoms with Gasteiger partial charge in [-0.25, -0.2) is 9.69 Å². The summed E-state index contributed by atoms with van der Waals surface area (Å²) in [6.45, 7) is 9.62. The molecule has 1 aliphatic heterocycles. The van der Waals surface area contributed by atoms with E-state index in [4.69, 9.17) is 9.16 Å². The number of nitrogens with zero attached hydrogens (tertiary/aromatic N) is 1. The van der Waals surface area contributed by atoms with E-state index in [0.717, 1.165) is 5.56 Å². The van der Waals surface area contributed by atoms with Crippen molar-refractivity contribution in [3.63, 3.8) is 0 Å². The number of amides is 2. The highest BCUT2D eigenvalue weighted by atomic mass is 28.4. The summed E-state index contributed by atoms with van der Waals surface area (Å²) >= 11 is 0. The Bertz CT molecular complexity index is 1140. The number of imide groups is 1. The molecule has 1 fully saturated rings. The number of hydrogen-bond acceptors (Lipinski definition) is 4. The van der Waals surface area contributed by atoms with Gasteiger partial charge in [0, 0.05) is 13.0 Å². The zero-order valence-corrected chi connectivity index (χ0v) is 23.2. The standard InChI is InChI=1S/C31H37NO4Si/c1-24(20-21-29(33)32-28(23-35-30(32)34)25-14-8-5-9-15-25)22-36-37(31(2,3)4,26-16-10-6-11-17-26)27-18-12-7-13-19-27/h5-19,24,28H,20-23H2,1-4H3/t24-,28-/m1/s1. The maximum atomic E-state index is 13.1. The lowest BCUT2D eigenvalue weighted by Crippen LogP contribution is -2.66. The van der Waals surface area contributed by atoms with E-state index in [1.807, 2.05) is 42.5 Å². The third-order valence-electron chi connectivity index (χ3n) is 7.18. The summed E-state index contributed by atoms with van der Waals surface area (Å²) in [5.41, 5.74) is 0.907. The zero-order valence-electron chi connectivity index (χ0n) is 22.2. The molecular formula is C31H37NO4Si. The van der Waals surface area contributed by atoms with Gasteiger partial charge in [0.25, 0.3) is 8.32 Å². The topological polar surface area (TPSA) is 55.8 Å². The summed E-state index contributed by atoms with van der Waals surface area (Å²) < 4.78 is 12.3. The first-order valence-corrected chi connectivity index (χ1v) is 14.9. The minimum atomic E-state index is -2.63. The van der Waals surface area contributed by atoms with Crippen molar-refractivity contribution >= 4 is 30.7 Å². The third kappa shape index (κ3) is 5.70. The number of carbonyl (C=O) groups excluding carboxylic acids is 2. The van der Waals surface area contributed by atoms with Crippen LogP contribution in [0.3, 0.4) is 0 Å². The molecule has 2 atom stereocenters. The van der Waals surface area contributed by atoms with Crippen molar-refractivity contribution in [2.24, 2.45) is 5.92 Å². The Morgan fingerprint density at radius 3 is 1.97 bits per heavy atom. The van der Waals surface area contributed by atoms with E-state index in [9.17, 15) is 9.59 Å². The van der Waals surface area contributed by atoms with Crippen LogP contribution in [0.25, 0.3) is 0 Å². The number of benzene rings is 3. The summed E-state index contributed by atoms with van der Waals surface area (Å²) in [5.74, 6) is -0.0620. The molecule has 37 heavy (non-hydrogen) atoms. The van der Waals surface area contributed by atoms with Crippen LogP contribution in [-0.4, -0.2) is 38.4 Å². The van der Waals surface area contributed by atoms with Gasteiger partial charge < -0.3 is 9.16 Å². The van der Waals surface area contributed by atoms with Gasteiger partial charge in [-0.3, -0.25) is 4.79 Å². The normalized spacial score (nSPS) is 16.9. The molecule has 0 bridgehead atoms. The fourth-order valence-electron chi connectivity index (χ4n) is 5.22. The van der Waals surface area contributed by atoms with Crippen LogP contribution < -0.4 is 10.4 Å². The molecule has 0 N–H and O–H groups in total. The number of ether oxygens (including phenoxy) is 1. The van der Waals surface area contributed by atoms with Gasteiger partial charge >= 0.3 is 6.09 Å². The van der Waals surface area contributed by atoms with Crippen LogP contribution in [0.1, 0.15) is 52.1 Å². The molecule has 0 spiro atoms. The Labute approximate surface area is 221 Å². The predicted octanol–water partition coefficient (Wildman–Crippen LogP) is 5.70. The van der Waals surface area contributed by atoms with Crippen LogP contribution in [0.2, 0.25) is 5.04 Å². The van der Waals surface area contributed by atoms with E-state index >= 15 is 0 Å². The molecule has 0 aromatic heterocycles. The molecule has 0 aliphatic carbocycles. The van der Waals surface area contributed by atoms with Crippen molar-refractivity contribution in [3.05, 3.63) is 96.6 Å². The Kier molecular flexibility index (Phi) is 8.30. The van der Waals surface area contributed by atoms with Crippen molar-refractivity contribution in [1.29, 1.82) is 0 Å². The average molecular weight is 516 g/mol. The molecule has 5 nitrogen and oxygen atoms in total. The van der Waals surface area contributed by atoms with E-state index in [-0.39, 0.29) is 35.9 Å². The van der Waals surface area contributed by atoms with Gasteiger partial charge in [0.05, 0.1) is 0 Å². The first-order chi connectivity index (χ1) is 17.7. The van der Waals surface area contributed by atoms with Crippen LogP contribution in [0.4, 0.5) is 4.79 Å². The summed E-state index contributed by atoms with van der Waals surface area (Å²) in [6.07, 6.45) is 0.335. The summed E-state index contributed by atoms with van der Waals surface area (Å²) in [4.78, 5) is 26.8. The largest absolute Gasteiger partial charge is 0.446 e. The molecule has 0 saturated carbocycles. The van der Waals surface area contributed by atoms with Crippen LogP contribution in [-0.2, 0) is 14.0 Å². The van der Waals surface area contributed by atoms with Crippen LogP contribution in [0.15, 0.2) is 91.0 Å². The highest BCUT2D eigenvalue weighted by Gasteiger charge is 2.50. The predicted molar refractivity (Wildman–Crippen MR) is 149 cm³/mol. The van der Waals surface area contributed by atoms with Gasteiger partial charge in [-0.05, 0) is 33.3 Å². The van der Waals surface area contributed by atoms with Crippen molar-refractivity contribution in [3.8, 4) is 0 Å². The summed E-state index contributed by atoms with van der Waals surface area (Å²) in [6, 6.07) is 30.3. The highest BCUT2D eigenvalue weighted by Crippen LogP contribution is 2.37. The van der Waals surface area contributed by atoms with E-state index in [1.165, 1.54) is 15.3 Å². The molecule has 3 aromatic rings. The van der Waals surface area contributed by atoms with Gasteiger partial charge in [-0.1, -0.05) is 119 Å². The molecular weight excluding hydrogens is 478 g/mol. The molecule has 194 valence electrons. The Balaban J connectivity index is 1.48. The second-order valence-corrected chi connectivity index (χ2v) is 15.2. The van der Waals surface area contributed by atoms with E-state index in [2.05, 4.69) is 76.2 Å². The van der Waals surface area contributed by atoms with Gasteiger partial charge in [0.1, 0.15) is 12.6 Å². The molecule has 1 aliphatic rings. The molecule has 4 rings (SSSR count). The number of carbonyl (C=O) groups is 2. The number of cyclic esters (lactones) is 1. The van der Waals surface area contributed by atoms with Gasteiger partial charge in [0.15, 0.2) is 0 Å². The minimum absolute atomic E-state index is 0.104. The lowest BCUT2D eigenvalue weighted by molar-refractivity contribution is -0.129. The number of rotatable bonds is 9. The molecule has 1 heterocycles. The lowest BCUT2D eigenvalue weighted by Gasteiger charge is -2.43. The van der Waals surface area contributed by atoms with Gasteiger partial charge in [0.2, 0.25) is 5.91 Å². The molecule has 6 heteroatoms. The first kappa shape index (κ1) is 26.8. The van der Waals surface area contributed by atoms with E-state index in [1.54, 1.807) is 0 Å². The SMILES string of the molecule is C[C@H](CCC(=O)N1C(=O)OC[C@@H]1c1ccccc1)CO[Si](c1ccccc1)(c1ccccc1)C(C)(C)C. The fraction of sp³-hybridized carbons (Fsp3) is 0.355. The Hall–Kier alpha value is -3.22. The Morgan fingerprint density at radius 2 is 1.46 bits per heavy atom. The molecule has 3 aromatic carbocycles. The van der Waals surface area contributed by atoms with Gasteiger partial charge in [-0.15, -0.1) is 0 Å². The Morgan fingerprint density at radius 1 is 0.946 bits per heavy atom. The van der Waals surface area contributed by atoms with Gasteiger partial charge in [-0.2, -0.15) is 0 Å². The van der Waals surface area contributed by atoms with Crippen molar-refractivity contribution in [2.75, 3.05) is 13.2 Å². The zero-order chi connectivity index (χ0) is 26.5. The summed E-state index contributed by atoms with van der Waals surface area (Å²) in [7, 11) is -2.63. The quantitative estimate of drug-likeness (QED) is 0.343. The molecule has 0 radical (unpaired) electrons.